The smallest absolute Gasteiger partial charge is 0.259 e. The van der Waals surface area contributed by atoms with Gasteiger partial charge in [0.05, 0.1) is 39.4 Å². The average molecular weight is 585 g/mol. The van der Waals surface area contributed by atoms with Crippen molar-refractivity contribution in [3.8, 4) is 5.69 Å². The maximum atomic E-state index is 14.0. The largest absolute Gasteiger partial charge is 0.322 e. The molecule has 2 aromatic heterocycles. The van der Waals surface area contributed by atoms with Crippen molar-refractivity contribution in [1.82, 2.24) is 19.6 Å². The number of hydrogen-bond donors (Lipinski definition) is 1. The van der Waals surface area contributed by atoms with Crippen molar-refractivity contribution in [1.29, 1.82) is 0 Å². The first kappa shape index (κ1) is 24.8. The first-order valence-corrected chi connectivity index (χ1v) is 14.9. The van der Waals surface area contributed by atoms with E-state index in [0.717, 1.165) is 56.2 Å². The van der Waals surface area contributed by atoms with Crippen LogP contribution in [0.3, 0.4) is 0 Å². The zero-order chi connectivity index (χ0) is 26.7. The maximum absolute atomic E-state index is 14.0. The number of anilines is 1. The fraction of sp³-hybridized carbons (Fsp3) is 0.406. The highest BCUT2D eigenvalue weighted by Crippen LogP contribution is 2.61. The van der Waals surface area contributed by atoms with Gasteiger partial charge in [-0.2, -0.15) is 10.2 Å². The van der Waals surface area contributed by atoms with E-state index in [1.165, 1.54) is 38.5 Å². The monoisotopic (exact) mass is 583 g/mol. The van der Waals surface area contributed by atoms with Crippen molar-refractivity contribution in [3.63, 3.8) is 0 Å². The number of aromatic nitrogens is 4. The summed E-state index contributed by atoms with van der Waals surface area (Å²) in [6.07, 6.45) is 9.53. The topological polar surface area (TPSA) is 64.7 Å². The second-order valence-corrected chi connectivity index (χ2v) is 13.0. The molecule has 0 spiro atoms. The second kappa shape index (κ2) is 9.47. The van der Waals surface area contributed by atoms with Crippen molar-refractivity contribution in [2.75, 3.05) is 5.32 Å². The number of carbonyl (C=O) groups excluding carboxylic acids is 1. The number of aryl methyl sites for hydroxylation is 1. The van der Waals surface area contributed by atoms with E-state index in [1.807, 2.05) is 58.9 Å². The van der Waals surface area contributed by atoms with E-state index in [0.29, 0.717) is 12.1 Å². The summed E-state index contributed by atoms with van der Waals surface area (Å²) < 4.78 is 4.95. The van der Waals surface area contributed by atoms with E-state index < -0.39 is 0 Å². The molecule has 0 saturated heterocycles. The van der Waals surface area contributed by atoms with E-state index >= 15 is 0 Å². The Balaban J connectivity index is 1.21. The predicted molar refractivity (Wildman–Crippen MR) is 156 cm³/mol. The second-order valence-electron chi connectivity index (χ2n) is 12.2. The summed E-state index contributed by atoms with van der Waals surface area (Å²) in [5, 5.41) is 13.0. The molecule has 2 heterocycles. The molecule has 0 radical (unpaired) electrons. The Kier molecular flexibility index (Phi) is 6.03. The molecule has 4 bridgehead atoms. The van der Waals surface area contributed by atoms with Gasteiger partial charge in [-0.1, -0.05) is 30.3 Å². The minimum absolute atomic E-state index is 0.0200. The molecule has 1 N–H and O–H groups in total. The molecule has 39 heavy (non-hydrogen) atoms. The van der Waals surface area contributed by atoms with Crippen molar-refractivity contribution in [2.24, 2.45) is 17.8 Å². The zero-order valence-corrected chi connectivity index (χ0v) is 24.1. The van der Waals surface area contributed by atoms with Gasteiger partial charge < -0.3 is 5.32 Å². The quantitative estimate of drug-likeness (QED) is 0.260. The molecule has 200 valence electrons. The fourth-order valence-corrected chi connectivity index (χ4v) is 8.28. The van der Waals surface area contributed by atoms with Crippen LogP contribution < -0.4 is 5.32 Å². The Labute approximate surface area is 237 Å². The van der Waals surface area contributed by atoms with Crippen molar-refractivity contribution in [3.05, 3.63) is 93.5 Å². The number of benzene rings is 2. The number of nitrogens with one attached hydrogen (secondary N) is 1. The molecule has 0 aliphatic heterocycles. The Bertz CT molecular complexity index is 1520. The molecule has 2 aromatic carbocycles. The van der Waals surface area contributed by atoms with E-state index in [9.17, 15) is 4.79 Å². The van der Waals surface area contributed by atoms with Crippen LogP contribution in [0.15, 0.2) is 65.3 Å². The number of carbonyl (C=O) groups is 1. The number of halogens is 1. The van der Waals surface area contributed by atoms with Crippen LogP contribution in [0.1, 0.15) is 71.5 Å². The molecule has 4 aliphatic rings. The minimum Gasteiger partial charge on any atom is -0.322 e. The van der Waals surface area contributed by atoms with Crippen molar-refractivity contribution >= 4 is 27.5 Å². The Morgan fingerprint density at radius 1 is 0.974 bits per heavy atom. The molecule has 0 atom stereocenters. The Morgan fingerprint density at radius 2 is 1.67 bits per heavy atom. The van der Waals surface area contributed by atoms with Crippen LogP contribution in [-0.2, 0) is 12.0 Å². The molecule has 4 aromatic rings. The normalized spacial score (nSPS) is 25.3. The first-order chi connectivity index (χ1) is 18.9. The first-order valence-electron chi connectivity index (χ1n) is 14.1. The van der Waals surface area contributed by atoms with Crippen LogP contribution >= 0.6 is 15.9 Å². The lowest BCUT2D eigenvalue weighted by atomic mass is 9.48. The molecule has 0 unspecified atom stereocenters. The number of para-hydroxylation sites is 1. The highest BCUT2D eigenvalue weighted by atomic mass is 79.9. The van der Waals surface area contributed by atoms with E-state index in [-0.39, 0.29) is 11.3 Å². The Hall–Kier alpha value is -3.19. The summed E-state index contributed by atoms with van der Waals surface area (Å²) in [7, 11) is 0. The fourth-order valence-electron chi connectivity index (χ4n) is 7.99. The third kappa shape index (κ3) is 4.45. The maximum Gasteiger partial charge on any atom is 0.259 e. The van der Waals surface area contributed by atoms with Crippen LogP contribution in [0.25, 0.3) is 5.69 Å². The third-order valence-electron chi connectivity index (χ3n) is 9.33. The summed E-state index contributed by atoms with van der Waals surface area (Å²) >= 11 is 3.62. The van der Waals surface area contributed by atoms with Crippen molar-refractivity contribution < 1.29 is 4.79 Å². The van der Waals surface area contributed by atoms with Gasteiger partial charge in [-0.15, -0.1) is 0 Å². The SMILES string of the molecule is Cc1nn(Cc2cccc(NC(=O)c3cn(-c4ccccc4)nc3C34CC5CC(CC(C5)C3)C4)c2)c(C)c1Br. The van der Waals surface area contributed by atoms with Gasteiger partial charge in [0, 0.05) is 17.3 Å². The summed E-state index contributed by atoms with van der Waals surface area (Å²) in [5.41, 5.74) is 6.68. The van der Waals surface area contributed by atoms with E-state index in [2.05, 4.69) is 51.5 Å². The molecular formula is C32H34BrN5O. The van der Waals surface area contributed by atoms with Gasteiger partial charge in [-0.3, -0.25) is 9.48 Å². The van der Waals surface area contributed by atoms with Crippen LogP contribution in [0.2, 0.25) is 0 Å². The number of nitrogens with zero attached hydrogens (tertiary/aromatic N) is 4. The molecule has 8 rings (SSSR count). The number of rotatable bonds is 6. The van der Waals surface area contributed by atoms with E-state index in [4.69, 9.17) is 5.10 Å². The molecule has 4 saturated carbocycles. The van der Waals surface area contributed by atoms with Gasteiger partial charge in [0.25, 0.3) is 5.91 Å². The lowest BCUT2D eigenvalue weighted by molar-refractivity contribution is -0.00765. The predicted octanol–water partition coefficient (Wildman–Crippen LogP) is 7.22. The van der Waals surface area contributed by atoms with Crippen LogP contribution in [0.5, 0.6) is 0 Å². The summed E-state index contributed by atoms with van der Waals surface area (Å²) in [6, 6.07) is 18.3. The van der Waals surface area contributed by atoms with Crippen LogP contribution in [0.4, 0.5) is 5.69 Å². The highest BCUT2D eigenvalue weighted by molar-refractivity contribution is 9.10. The molecule has 4 fully saturated rings. The van der Waals surface area contributed by atoms with Crippen LogP contribution in [0, 0.1) is 31.6 Å². The lowest BCUT2D eigenvalue weighted by Crippen LogP contribution is -2.49. The molecule has 4 aliphatic carbocycles. The number of hydrogen-bond acceptors (Lipinski definition) is 3. The Morgan fingerprint density at radius 3 is 2.31 bits per heavy atom. The van der Waals surface area contributed by atoms with Gasteiger partial charge in [0.15, 0.2) is 0 Å². The zero-order valence-electron chi connectivity index (χ0n) is 22.5. The summed E-state index contributed by atoms with van der Waals surface area (Å²) in [4.78, 5) is 14.0. The standard InChI is InChI=1S/C32H34BrN5O/c1-20-29(33)21(2)37(35-20)18-22-7-6-8-26(14-22)34-31(39)28-19-38(27-9-4-3-5-10-27)36-30(28)32-15-23-11-24(16-32)13-25(12-23)17-32/h3-10,14,19,23-25H,11-13,15-18H2,1-2H3,(H,34,39). The van der Waals surface area contributed by atoms with Gasteiger partial charge in [0.1, 0.15) is 0 Å². The van der Waals surface area contributed by atoms with Gasteiger partial charge >= 0.3 is 0 Å². The van der Waals surface area contributed by atoms with Crippen molar-refractivity contribution in [2.45, 2.75) is 64.3 Å². The molecule has 1 amide bonds. The molecule has 7 heteroatoms. The van der Waals surface area contributed by atoms with Gasteiger partial charge in [0.2, 0.25) is 0 Å². The highest BCUT2D eigenvalue weighted by Gasteiger charge is 2.53. The average Bonchev–Trinajstić information content (AvgIpc) is 3.47. The summed E-state index contributed by atoms with van der Waals surface area (Å²) in [5.74, 6) is 2.26. The minimum atomic E-state index is -0.0751. The van der Waals surface area contributed by atoms with Gasteiger partial charge in [-0.25, -0.2) is 4.68 Å². The number of amides is 1. The third-order valence-corrected chi connectivity index (χ3v) is 10.5. The van der Waals surface area contributed by atoms with E-state index in [1.54, 1.807) is 0 Å². The molecule has 6 nitrogen and oxygen atoms in total. The van der Waals surface area contributed by atoms with Gasteiger partial charge in [-0.05, 0) is 116 Å². The van der Waals surface area contributed by atoms with Crippen LogP contribution in [-0.4, -0.2) is 25.5 Å². The molecular weight excluding hydrogens is 550 g/mol. The summed E-state index contributed by atoms with van der Waals surface area (Å²) in [6.45, 7) is 4.71. The lowest BCUT2D eigenvalue weighted by Gasteiger charge is -2.56.